The van der Waals surface area contributed by atoms with Crippen LogP contribution in [0.4, 0.5) is 4.39 Å². The number of aromatic nitrogens is 2. The van der Waals surface area contributed by atoms with Crippen LogP contribution in [0, 0.1) is 5.82 Å². The molecule has 0 atom stereocenters. The van der Waals surface area contributed by atoms with Crippen molar-refractivity contribution in [2.24, 2.45) is 5.73 Å². The smallest absolute Gasteiger partial charge is 0.274 e. The van der Waals surface area contributed by atoms with E-state index in [4.69, 9.17) is 10.8 Å². The quantitative estimate of drug-likeness (QED) is 0.736. The monoisotopic (exact) mass is 394 g/mol. The van der Waals surface area contributed by atoms with Crippen molar-refractivity contribution in [2.75, 3.05) is 19.6 Å². The summed E-state index contributed by atoms with van der Waals surface area (Å²) in [5.41, 5.74) is 7.05. The summed E-state index contributed by atoms with van der Waals surface area (Å²) >= 11 is 0. The third-order valence-corrected chi connectivity index (χ3v) is 5.53. The molecule has 1 amide bonds. The fourth-order valence-corrected chi connectivity index (χ4v) is 3.94. The summed E-state index contributed by atoms with van der Waals surface area (Å²) in [7, 11) is 0. The molecule has 0 unspecified atom stereocenters. The van der Waals surface area contributed by atoms with Gasteiger partial charge in [-0.3, -0.25) is 9.59 Å². The number of benzene rings is 2. The van der Waals surface area contributed by atoms with Gasteiger partial charge >= 0.3 is 0 Å². The van der Waals surface area contributed by atoms with E-state index in [1.807, 2.05) is 24.3 Å². The Morgan fingerprint density at radius 1 is 1.07 bits per heavy atom. The average molecular weight is 394 g/mol. The van der Waals surface area contributed by atoms with Crippen molar-refractivity contribution in [2.45, 2.75) is 25.3 Å². The second kappa shape index (κ2) is 8.13. The molecule has 2 heterocycles. The van der Waals surface area contributed by atoms with Gasteiger partial charge in [-0.05, 0) is 36.6 Å². The average Bonchev–Trinajstić information content (AvgIpc) is 2.77. The number of fused-ring (bicyclic) bond motifs is 1. The Labute approximate surface area is 167 Å². The fraction of sp³-hybridized carbons (Fsp3) is 0.318. The molecule has 1 aromatic heterocycles. The van der Waals surface area contributed by atoms with Crippen LogP contribution in [-0.2, 0) is 11.2 Å². The lowest BCUT2D eigenvalue weighted by Crippen LogP contribution is -2.43. The number of amides is 1. The van der Waals surface area contributed by atoms with Crippen molar-refractivity contribution in [1.29, 1.82) is 0 Å². The van der Waals surface area contributed by atoms with Crippen molar-refractivity contribution >= 4 is 16.7 Å². The summed E-state index contributed by atoms with van der Waals surface area (Å²) in [5, 5.41) is 6.15. The van der Waals surface area contributed by atoms with Crippen LogP contribution in [0.1, 0.15) is 30.1 Å². The molecule has 150 valence electrons. The first-order valence-electron chi connectivity index (χ1n) is 9.79. The number of nitrogens with two attached hydrogens (primary N) is 1. The van der Waals surface area contributed by atoms with Crippen LogP contribution in [0.25, 0.3) is 10.8 Å². The van der Waals surface area contributed by atoms with Gasteiger partial charge in [-0.2, -0.15) is 5.10 Å². The van der Waals surface area contributed by atoms with E-state index in [1.54, 1.807) is 21.7 Å². The highest BCUT2D eigenvalue weighted by atomic mass is 19.1. The third kappa shape index (κ3) is 3.91. The van der Waals surface area contributed by atoms with Gasteiger partial charge in [0.1, 0.15) is 5.82 Å². The van der Waals surface area contributed by atoms with Crippen molar-refractivity contribution in [3.63, 3.8) is 0 Å². The van der Waals surface area contributed by atoms with Gasteiger partial charge in [-0.1, -0.05) is 30.3 Å². The Balaban J connectivity index is 1.70. The summed E-state index contributed by atoms with van der Waals surface area (Å²) < 4.78 is 14.8. The number of rotatable bonds is 4. The highest BCUT2D eigenvalue weighted by Gasteiger charge is 2.25. The van der Waals surface area contributed by atoms with E-state index >= 15 is 0 Å². The van der Waals surface area contributed by atoms with Crippen molar-refractivity contribution < 1.29 is 9.18 Å². The van der Waals surface area contributed by atoms with Gasteiger partial charge in [0.05, 0.1) is 23.7 Å². The van der Waals surface area contributed by atoms with Gasteiger partial charge in [-0.15, -0.1) is 0 Å². The number of halogens is 1. The molecule has 4 rings (SSSR count). The molecule has 6 nitrogen and oxygen atoms in total. The molecule has 1 saturated heterocycles. The zero-order chi connectivity index (χ0) is 20.4. The number of carbonyl (C=O) groups is 1. The fourth-order valence-electron chi connectivity index (χ4n) is 3.94. The summed E-state index contributed by atoms with van der Waals surface area (Å²) in [6.07, 6.45) is 1.82. The van der Waals surface area contributed by atoms with Gasteiger partial charge in [0.2, 0.25) is 5.91 Å². The number of hydrogen-bond acceptors (Lipinski definition) is 4. The summed E-state index contributed by atoms with van der Waals surface area (Å²) in [5.74, 6) is -0.352. The Kier molecular flexibility index (Phi) is 5.40. The molecule has 7 heteroatoms. The zero-order valence-corrected chi connectivity index (χ0v) is 16.1. The molecule has 1 aliphatic heterocycles. The van der Waals surface area contributed by atoms with Crippen LogP contribution in [0.2, 0.25) is 0 Å². The molecular weight excluding hydrogens is 371 g/mol. The number of likely N-dealkylation sites (tertiary alicyclic amines) is 1. The first-order valence-corrected chi connectivity index (χ1v) is 9.79. The van der Waals surface area contributed by atoms with Crippen molar-refractivity contribution in [1.82, 2.24) is 14.7 Å². The SMILES string of the molecule is NCC(=O)N1CCC(n2nc(Cc3ccc(F)cc3)c3ccccc3c2=O)CC1. The molecule has 1 fully saturated rings. The first kappa shape index (κ1) is 19.3. The van der Waals surface area contributed by atoms with E-state index in [0.29, 0.717) is 37.7 Å². The van der Waals surface area contributed by atoms with E-state index in [2.05, 4.69) is 0 Å². The van der Waals surface area contributed by atoms with Crippen LogP contribution < -0.4 is 11.3 Å². The minimum absolute atomic E-state index is 0.000652. The predicted molar refractivity (Wildman–Crippen MR) is 109 cm³/mol. The lowest BCUT2D eigenvalue weighted by atomic mass is 10.0. The maximum absolute atomic E-state index is 13.3. The van der Waals surface area contributed by atoms with Crippen molar-refractivity contribution in [3.05, 3.63) is 76.0 Å². The molecule has 0 radical (unpaired) electrons. The molecule has 0 saturated carbocycles. The maximum atomic E-state index is 13.3. The second-order valence-corrected chi connectivity index (χ2v) is 7.36. The lowest BCUT2D eigenvalue weighted by molar-refractivity contribution is -0.131. The summed E-state index contributed by atoms with van der Waals surface area (Å²) in [6.45, 7) is 1.13. The highest BCUT2D eigenvalue weighted by molar-refractivity contribution is 5.83. The Hall–Kier alpha value is -3.06. The summed E-state index contributed by atoms with van der Waals surface area (Å²) in [4.78, 5) is 26.7. The number of piperidine rings is 1. The van der Waals surface area contributed by atoms with E-state index < -0.39 is 0 Å². The van der Waals surface area contributed by atoms with E-state index in [9.17, 15) is 14.0 Å². The van der Waals surface area contributed by atoms with Crippen molar-refractivity contribution in [3.8, 4) is 0 Å². The van der Waals surface area contributed by atoms with Gasteiger partial charge in [-0.25, -0.2) is 9.07 Å². The van der Waals surface area contributed by atoms with Crippen LogP contribution in [0.5, 0.6) is 0 Å². The number of hydrogen-bond donors (Lipinski definition) is 1. The van der Waals surface area contributed by atoms with E-state index in [-0.39, 0.29) is 29.9 Å². The number of nitrogens with zero attached hydrogens (tertiary/aromatic N) is 3. The predicted octanol–water partition coefficient (Wildman–Crippen LogP) is 2.25. The lowest BCUT2D eigenvalue weighted by Gasteiger charge is -2.32. The largest absolute Gasteiger partial charge is 0.341 e. The third-order valence-electron chi connectivity index (χ3n) is 5.53. The number of carbonyl (C=O) groups excluding carboxylic acids is 1. The Bertz CT molecular complexity index is 1090. The highest BCUT2D eigenvalue weighted by Crippen LogP contribution is 2.23. The molecule has 3 aromatic rings. The maximum Gasteiger partial charge on any atom is 0.274 e. The molecule has 2 aromatic carbocycles. The van der Waals surface area contributed by atoms with Gasteiger partial charge in [0, 0.05) is 24.9 Å². The Morgan fingerprint density at radius 3 is 2.38 bits per heavy atom. The molecule has 0 aliphatic carbocycles. The van der Waals surface area contributed by atoms with Crippen LogP contribution in [-0.4, -0.2) is 40.2 Å². The van der Waals surface area contributed by atoms with Gasteiger partial charge in [0.25, 0.3) is 5.56 Å². The normalized spacial score (nSPS) is 15.0. The minimum Gasteiger partial charge on any atom is -0.341 e. The van der Waals surface area contributed by atoms with E-state index in [1.165, 1.54) is 12.1 Å². The summed E-state index contributed by atoms with van der Waals surface area (Å²) in [6, 6.07) is 13.7. The van der Waals surface area contributed by atoms with Crippen LogP contribution in [0.15, 0.2) is 53.3 Å². The topological polar surface area (TPSA) is 81.2 Å². The second-order valence-electron chi connectivity index (χ2n) is 7.36. The standard InChI is InChI=1S/C22H23FN4O2/c23-16-7-5-15(6-8-16)13-20-18-3-1-2-4-19(18)22(29)27(25-20)17-9-11-26(12-10-17)21(28)14-24/h1-8,17H,9-14,24H2. The molecule has 2 N–H and O–H groups in total. The first-order chi connectivity index (χ1) is 14.1. The molecule has 29 heavy (non-hydrogen) atoms. The van der Waals surface area contributed by atoms with Gasteiger partial charge in [0.15, 0.2) is 0 Å². The zero-order valence-electron chi connectivity index (χ0n) is 16.1. The van der Waals surface area contributed by atoms with E-state index in [0.717, 1.165) is 16.6 Å². The molecular formula is C22H23FN4O2. The van der Waals surface area contributed by atoms with Crippen LogP contribution >= 0.6 is 0 Å². The molecule has 0 spiro atoms. The molecule has 1 aliphatic rings. The van der Waals surface area contributed by atoms with Crippen LogP contribution in [0.3, 0.4) is 0 Å². The minimum atomic E-state index is -0.282. The van der Waals surface area contributed by atoms with Gasteiger partial charge < -0.3 is 10.6 Å². The Morgan fingerprint density at radius 2 is 1.72 bits per heavy atom. The molecule has 0 bridgehead atoms.